The summed E-state index contributed by atoms with van der Waals surface area (Å²) in [5.41, 5.74) is 0. The minimum Gasteiger partial charge on any atom is -0.462 e. The smallest absolute Gasteiger partial charge is 0.306 e. The lowest BCUT2D eigenvalue weighted by atomic mass is 10.0. The summed E-state index contributed by atoms with van der Waals surface area (Å²) >= 11 is 0. The van der Waals surface area contributed by atoms with Crippen molar-refractivity contribution in [2.75, 3.05) is 13.2 Å². The summed E-state index contributed by atoms with van der Waals surface area (Å²) < 4.78 is 16.8. The second-order valence-electron chi connectivity index (χ2n) is 17.8. The lowest BCUT2D eigenvalue weighted by Gasteiger charge is -2.18. The summed E-state index contributed by atoms with van der Waals surface area (Å²) in [7, 11) is 0. The van der Waals surface area contributed by atoms with Crippen LogP contribution in [0.2, 0.25) is 0 Å². The molecule has 0 rings (SSSR count). The molecule has 0 fully saturated rings. The Labute approximate surface area is 384 Å². The maximum Gasteiger partial charge on any atom is 0.306 e. The fourth-order valence-electron chi connectivity index (χ4n) is 7.48. The number of rotatable bonds is 48. The summed E-state index contributed by atoms with van der Waals surface area (Å²) in [6.45, 7) is 6.55. The Balaban J connectivity index is 4.39. The Kier molecular flexibility index (Phi) is 48.8. The van der Waals surface area contributed by atoms with E-state index in [0.717, 1.165) is 103 Å². The van der Waals surface area contributed by atoms with Crippen LogP contribution >= 0.6 is 0 Å². The molecule has 0 aliphatic carbocycles. The molecule has 0 aromatic heterocycles. The Hall–Kier alpha value is -2.63. The van der Waals surface area contributed by atoms with Gasteiger partial charge in [0.25, 0.3) is 0 Å². The third-order valence-electron chi connectivity index (χ3n) is 11.6. The van der Waals surface area contributed by atoms with E-state index in [9.17, 15) is 14.4 Å². The number of hydrogen-bond acceptors (Lipinski definition) is 6. The molecular formula is C56H100O6. The van der Waals surface area contributed by atoms with Gasteiger partial charge in [0.2, 0.25) is 0 Å². The summed E-state index contributed by atoms with van der Waals surface area (Å²) in [5, 5.41) is 0. The van der Waals surface area contributed by atoms with Gasteiger partial charge in [-0.15, -0.1) is 0 Å². The molecule has 0 bridgehead atoms. The van der Waals surface area contributed by atoms with Crippen molar-refractivity contribution in [2.45, 2.75) is 277 Å². The lowest BCUT2D eigenvalue weighted by Crippen LogP contribution is -2.30. The van der Waals surface area contributed by atoms with Crippen LogP contribution in [0.5, 0.6) is 0 Å². The molecule has 0 heterocycles. The van der Waals surface area contributed by atoms with Crippen molar-refractivity contribution < 1.29 is 28.6 Å². The molecule has 1 atom stereocenters. The van der Waals surface area contributed by atoms with Gasteiger partial charge in [-0.25, -0.2) is 0 Å². The Morgan fingerprint density at radius 2 is 0.597 bits per heavy atom. The van der Waals surface area contributed by atoms with Gasteiger partial charge in [-0.05, 0) is 70.6 Å². The predicted octanol–water partition coefficient (Wildman–Crippen LogP) is 17.5. The van der Waals surface area contributed by atoms with Crippen LogP contribution in [0.15, 0.2) is 48.6 Å². The first kappa shape index (κ1) is 59.4. The standard InChI is InChI=1S/C56H100O6/c1-4-7-10-13-16-19-22-25-28-29-32-34-37-40-43-46-49-55(58)61-52-53(62-56(59)50-47-44-41-38-35-31-27-24-21-18-15-12-9-6-3)51-60-54(57)48-45-42-39-36-33-30-26-23-20-17-14-11-8-5-2/h14-15,17-18,23-24,26-27,53H,4-13,16,19-22,25,28-52H2,1-3H3/b17-14-,18-15-,26-23-,27-24-. The first-order valence-corrected chi connectivity index (χ1v) is 26.6. The molecule has 0 amide bonds. The van der Waals surface area contributed by atoms with Crippen molar-refractivity contribution >= 4 is 17.9 Å². The zero-order valence-electron chi connectivity index (χ0n) is 41.1. The zero-order valence-corrected chi connectivity index (χ0v) is 41.1. The van der Waals surface area contributed by atoms with Gasteiger partial charge in [-0.2, -0.15) is 0 Å². The monoisotopic (exact) mass is 869 g/mol. The van der Waals surface area contributed by atoms with Crippen molar-refractivity contribution in [3.63, 3.8) is 0 Å². The summed E-state index contributed by atoms with van der Waals surface area (Å²) in [6.07, 6.45) is 60.9. The molecule has 0 aromatic rings. The minimum absolute atomic E-state index is 0.0810. The second-order valence-corrected chi connectivity index (χ2v) is 17.8. The number of ether oxygens (including phenoxy) is 3. The highest BCUT2D eigenvalue weighted by molar-refractivity contribution is 5.71. The molecule has 0 saturated carbocycles. The van der Waals surface area contributed by atoms with Crippen molar-refractivity contribution in [2.24, 2.45) is 0 Å². The van der Waals surface area contributed by atoms with E-state index in [1.54, 1.807) is 0 Å². The molecular weight excluding hydrogens is 769 g/mol. The number of esters is 3. The molecule has 6 heteroatoms. The molecule has 0 aliphatic rings. The normalized spacial score (nSPS) is 12.4. The van der Waals surface area contributed by atoms with Gasteiger partial charge in [-0.1, -0.05) is 230 Å². The largest absolute Gasteiger partial charge is 0.462 e. The third-order valence-corrected chi connectivity index (χ3v) is 11.6. The Morgan fingerprint density at radius 3 is 0.935 bits per heavy atom. The molecule has 0 N–H and O–H groups in total. The molecule has 360 valence electrons. The highest BCUT2D eigenvalue weighted by Gasteiger charge is 2.19. The Bertz CT molecular complexity index is 1090. The average Bonchev–Trinajstić information content (AvgIpc) is 3.27. The van der Waals surface area contributed by atoms with Crippen LogP contribution in [0.1, 0.15) is 271 Å². The van der Waals surface area contributed by atoms with E-state index < -0.39 is 6.10 Å². The number of carbonyl (C=O) groups is 3. The van der Waals surface area contributed by atoms with Crippen molar-refractivity contribution in [3.8, 4) is 0 Å². The van der Waals surface area contributed by atoms with Crippen LogP contribution in [-0.4, -0.2) is 37.2 Å². The number of unbranched alkanes of at least 4 members (excludes halogenated alkanes) is 29. The van der Waals surface area contributed by atoms with Gasteiger partial charge < -0.3 is 14.2 Å². The topological polar surface area (TPSA) is 78.9 Å². The van der Waals surface area contributed by atoms with Gasteiger partial charge >= 0.3 is 17.9 Å². The van der Waals surface area contributed by atoms with E-state index >= 15 is 0 Å². The molecule has 0 spiro atoms. The predicted molar refractivity (Wildman–Crippen MR) is 265 cm³/mol. The Morgan fingerprint density at radius 1 is 0.323 bits per heavy atom. The van der Waals surface area contributed by atoms with E-state index in [0.29, 0.717) is 19.3 Å². The van der Waals surface area contributed by atoms with Crippen LogP contribution in [0, 0.1) is 0 Å². The number of allylic oxidation sites excluding steroid dienone is 8. The SMILES string of the molecule is CCCC/C=C\C/C=C\CCCCCCCC(=O)OCC(COC(=O)CCCCCCCCCCCCCCCCCC)OC(=O)CCCCCCC/C=C\C/C=C\CCCC. The van der Waals surface area contributed by atoms with Crippen LogP contribution in [0.3, 0.4) is 0 Å². The quantitative estimate of drug-likeness (QED) is 0.0262. The van der Waals surface area contributed by atoms with E-state index in [-0.39, 0.29) is 31.1 Å². The lowest BCUT2D eigenvalue weighted by molar-refractivity contribution is -0.167. The highest BCUT2D eigenvalue weighted by Crippen LogP contribution is 2.15. The fraction of sp³-hybridized carbons (Fsp3) is 0.804. The number of carbonyl (C=O) groups excluding carboxylic acids is 3. The van der Waals surface area contributed by atoms with Crippen LogP contribution in [-0.2, 0) is 28.6 Å². The molecule has 62 heavy (non-hydrogen) atoms. The van der Waals surface area contributed by atoms with Gasteiger partial charge in [0.05, 0.1) is 0 Å². The van der Waals surface area contributed by atoms with Gasteiger partial charge in [0.15, 0.2) is 6.10 Å². The summed E-state index contributed by atoms with van der Waals surface area (Å²) in [5.74, 6) is -0.900. The fourth-order valence-corrected chi connectivity index (χ4v) is 7.48. The first-order chi connectivity index (χ1) is 30.5. The van der Waals surface area contributed by atoms with Gasteiger partial charge in [-0.3, -0.25) is 14.4 Å². The average molecular weight is 869 g/mol. The first-order valence-electron chi connectivity index (χ1n) is 26.6. The molecule has 0 aromatic carbocycles. The molecule has 1 unspecified atom stereocenters. The van der Waals surface area contributed by atoms with Crippen LogP contribution in [0.4, 0.5) is 0 Å². The van der Waals surface area contributed by atoms with Gasteiger partial charge in [0, 0.05) is 19.3 Å². The van der Waals surface area contributed by atoms with E-state index in [4.69, 9.17) is 14.2 Å². The summed E-state index contributed by atoms with van der Waals surface area (Å²) in [4.78, 5) is 38.0. The van der Waals surface area contributed by atoms with E-state index in [1.807, 2.05) is 0 Å². The maximum absolute atomic E-state index is 12.8. The highest BCUT2D eigenvalue weighted by atomic mass is 16.6. The van der Waals surface area contributed by atoms with E-state index in [2.05, 4.69) is 69.4 Å². The maximum atomic E-state index is 12.8. The number of hydrogen-bond donors (Lipinski definition) is 0. The van der Waals surface area contributed by atoms with Gasteiger partial charge in [0.1, 0.15) is 13.2 Å². The van der Waals surface area contributed by atoms with Crippen LogP contribution in [0.25, 0.3) is 0 Å². The zero-order chi connectivity index (χ0) is 45.1. The minimum atomic E-state index is -0.783. The van der Waals surface area contributed by atoms with Crippen molar-refractivity contribution in [1.82, 2.24) is 0 Å². The van der Waals surface area contributed by atoms with E-state index in [1.165, 1.54) is 128 Å². The molecule has 0 aliphatic heterocycles. The van der Waals surface area contributed by atoms with Crippen molar-refractivity contribution in [3.05, 3.63) is 48.6 Å². The molecule has 0 saturated heterocycles. The molecule has 6 nitrogen and oxygen atoms in total. The molecule has 0 radical (unpaired) electrons. The third kappa shape index (κ3) is 48.4. The summed E-state index contributed by atoms with van der Waals surface area (Å²) in [6, 6.07) is 0. The second kappa shape index (κ2) is 51.0. The van der Waals surface area contributed by atoms with Crippen molar-refractivity contribution in [1.29, 1.82) is 0 Å². The van der Waals surface area contributed by atoms with Crippen LogP contribution < -0.4 is 0 Å².